The number of nitrogens with zero attached hydrogens (tertiary/aromatic N) is 1. The predicted molar refractivity (Wildman–Crippen MR) is 56.9 cm³/mol. The maximum absolute atomic E-state index is 10.1. The molecule has 1 saturated carbocycles. The summed E-state index contributed by atoms with van der Waals surface area (Å²) in [4.78, 5) is 1.99. The number of hydrogen-bond acceptors (Lipinski definition) is 3. The first-order valence-corrected chi connectivity index (χ1v) is 6.44. The summed E-state index contributed by atoms with van der Waals surface area (Å²) in [5.74, 6) is 0.948. The fourth-order valence-electron chi connectivity index (χ4n) is 2.07. The van der Waals surface area contributed by atoms with E-state index in [1.54, 1.807) is 11.8 Å². The Morgan fingerprint density at radius 3 is 2.92 bits per heavy atom. The number of β-amino-alcohol motifs (C(OH)–C–C–N with tert-alkyl or cyclic N) is 1. The molecule has 2 nitrogen and oxygen atoms in total. The van der Waals surface area contributed by atoms with E-state index in [9.17, 15) is 5.11 Å². The largest absolute Gasteiger partial charge is 0.378 e. The number of rotatable bonds is 3. The van der Waals surface area contributed by atoms with Crippen LogP contribution in [0.3, 0.4) is 0 Å². The van der Waals surface area contributed by atoms with Crippen LogP contribution in [0.5, 0.6) is 0 Å². The summed E-state index contributed by atoms with van der Waals surface area (Å²) < 4.78 is 0. The maximum atomic E-state index is 10.1. The van der Waals surface area contributed by atoms with Gasteiger partial charge in [0.25, 0.3) is 0 Å². The molecule has 0 radical (unpaired) electrons. The summed E-state index contributed by atoms with van der Waals surface area (Å²) in [6.07, 6.45) is 6.96. The molecule has 1 aliphatic heterocycles. The van der Waals surface area contributed by atoms with E-state index in [1.165, 1.54) is 25.9 Å². The number of piperidine rings is 1. The monoisotopic (exact) mass is 201 g/mol. The van der Waals surface area contributed by atoms with Gasteiger partial charge >= 0.3 is 0 Å². The third-order valence-electron chi connectivity index (χ3n) is 3.11. The fourth-order valence-corrected chi connectivity index (χ4v) is 2.73. The van der Waals surface area contributed by atoms with Crippen molar-refractivity contribution in [3.63, 3.8) is 0 Å². The smallest absolute Gasteiger partial charge is 0.122 e. The Bertz CT molecular complexity index is 184. The molecule has 2 aliphatic rings. The molecule has 76 valence electrons. The molecule has 1 heterocycles. The lowest BCUT2D eigenvalue weighted by Crippen LogP contribution is -2.46. The summed E-state index contributed by atoms with van der Waals surface area (Å²) in [7, 11) is 0. The van der Waals surface area contributed by atoms with Crippen molar-refractivity contribution in [2.45, 2.75) is 30.6 Å². The lowest BCUT2D eigenvalue weighted by molar-refractivity contribution is 0.0413. The zero-order valence-corrected chi connectivity index (χ0v) is 9.15. The van der Waals surface area contributed by atoms with E-state index in [0.29, 0.717) is 0 Å². The molecule has 0 aromatic heterocycles. The minimum absolute atomic E-state index is 0.451. The van der Waals surface area contributed by atoms with Crippen LogP contribution in [-0.4, -0.2) is 40.8 Å². The molecule has 1 saturated heterocycles. The van der Waals surface area contributed by atoms with Gasteiger partial charge in [-0.05, 0) is 44.4 Å². The molecule has 13 heavy (non-hydrogen) atoms. The maximum Gasteiger partial charge on any atom is 0.122 e. The molecule has 0 unspecified atom stereocenters. The second-order valence-corrected chi connectivity index (χ2v) is 5.60. The van der Waals surface area contributed by atoms with Crippen LogP contribution in [0, 0.1) is 5.92 Å². The van der Waals surface area contributed by atoms with E-state index in [4.69, 9.17) is 0 Å². The Labute approximate surface area is 84.7 Å². The van der Waals surface area contributed by atoms with Crippen LogP contribution in [0.4, 0.5) is 0 Å². The van der Waals surface area contributed by atoms with E-state index in [1.807, 2.05) is 6.26 Å². The molecule has 0 bridgehead atoms. The van der Waals surface area contributed by atoms with Crippen molar-refractivity contribution in [3.8, 4) is 0 Å². The highest BCUT2D eigenvalue weighted by atomic mass is 32.2. The van der Waals surface area contributed by atoms with E-state index in [2.05, 4.69) is 4.90 Å². The van der Waals surface area contributed by atoms with Crippen LogP contribution >= 0.6 is 11.8 Å². The molecular formula is C10H19NOS. The quantitative estimate of drug-likeness (QED) is 0.701. The van der Waals surface area contributed by atoms with E-state index in [0.717, 1.165) is 25.3 Å². The van der Waals surface area contributed by atoms with Crippen molar-refractivity contribution in [1.29, 1.82) is 0 Å². The van der Waals surface area contributed by atoms with Gasteiger partial charge in [-0.2, -0.15) is 0 Å². The summed E-state index contributed by atoms with van der Waals surface area (Å²) in [5, 5.41) is 10.1. The van der Waals surface area contributed by atoms with Crippen molar-refractivity contribution in [2.24, 2.45) is 5.92 Å². The molecule has 0 spiro atoms. The van der Waals surface area contributed by atoms with Crippen molar-refractivity contribution in [2.75, 3.05) is 25.9 Å². The standard InChI is InChI=1S/C10H19NOS/c1-13-10(12)5-2-6-11(8-10)7-9-3-4-9/h9,12H,2-8H2,1H3/t10-/m1/s1. The van der Waals surface area contributed by atoms with Crippen molar-refractivity contribution in [1.82, 2.24) is 4.90 Å². The van der Waals surface area contributed by atoms with Gasteiger partial charge in [0.1, 0.15) is 4.93 Å². The number of likely N-dealkylation sites (tertiary alicyclic amines) is 1. The topological polar surface area (TPSA) is 23.5 Å². The van der Waals surface area contributed by atoms with Gasteiger partial charge in [-0.15, -0.1) is 11.8 Å². The Hall–Kier alpha value is 0.270. The van der Waals surface area contributed by atoms with Gasteiger partial charge in [-0.25, -0.2) is 0 Å². The summed E-state index contributed by atoms with van der Waals surface area (Å²) in [6.45, 7) is 3.30. The Morgan fingerprint density at radius 2 is 2.31 bits per heavy atom. The molecule has 1 atom stereocenters. The predicted octanol–water partition coefficient (Wildman–Crippen LogP) is 1.54. The fraction of sp³-hybridized carbons (Fsp3) is 1.00. The molecule has 2 fully saturated rings. The van der Waals surface area contributed by atoms with Gasteiger partial charge in [0.05, 0.1) is 0 Å². The van der Waals surface area contributed by atoms with E-state index in [-0.39, 0.29) is 0 Å². The first-order valence-electron chi connectivity index (χ1n) is 5.22. The number of aliphatic hydroxyl groups is 1. The Balaban J connectivity index is 1.83. The Morgan fingerprint density at radius 1 is 1.54 bits per heavy atom. The van der Waals surface area contributed by atoms with Crippen LogP contribution in [0.25, 0.3) is 0 Å². The zero-order valence-electron chi connectivity index (χ0n) is 8.33. The highest BCUT2D eigenvalue weighted by Gasteiger charge is 2.34. The number of thioether (sulfide) groups is 1. The molecule has 1 aliphatic carbocycles. The van der Waals surface area contributed by atoms with Crippen LogP contribution < -0.4 is 0 Å². The average Bonchev–Trinajstić information content (AvgIpc) is 2.89. The molecule has 0 aromatic rings. The van der Waals surface area contributed by atoms with Crippen molar-refractivity contribution in [3.05, 3.63) is 0 Å². The van der Waals surface area contributed by atoms with Gasteiger partial charge in [0, 0.05) is 13.1 Å². The van der Waals surface area contributed by atoms with Gasteiger partial charge < -0.3 is 5.11 Å². The minimum Gasteiger partial charge on any atom is -0.378 e. The minimum atomic E-state index is -0.451. The second kappa shape index (κ2) is 3.79. The highest BCUT2D eigenvalue weighted by molar-refractivity contribution is 7.99. The van der Waals surface area contributed by atoms with Crippen LogP contribution in [0.2, 0.25) is 0 Å². The molecule has 0 amide bonds. The van der Waals surface area contributed by atoms with Crippen LogP contribution in [-0.2, 0) is 0 Å². The number of hydrogen-bond donors (Lipinski definition) is 1. The van der Waals surface area contributed by atoms with Gasteiger partial charge in [0.15, 0.2) is 0 Å². The van der Waals surface area contributed by atoms with E-state index < -0.39 is 4.93 Å². The van der Waals surface area contributed by atoms with Crippen LogP contribution in [0.1, 0.15) is 25.7 Å². The third kappa shape index (κ3) is 2.61. The SMILES string of the molecule is CS[C@]1(O)CCCN(CC2CC2)C1. The summed E-state index contributed by atoms with van der Waals surface area (Å²) in [5.41, 5.74) is 0. The highest BCUT2D eigenvalue weighted by Crippen LogP contribution is 2.34. The molecule has 0 aromatic carbocycles. The summed E-state index contributed by atoms with van der Waals surface area (Å²) in [6, 6.07) is 0. The molecule has 1 N–H and O–H groups in total. The summed E-state index contributed by atoms with van der Waals surface area (Å²) >= 11 is 1.61. The average molecular weight is 201 g/mol. The molecule has 2 rings (SSSR count). The van der Waals surface area contributed by atoms with Crippen molar-refractivity contribution < 1.29 is 5.11 Å². The lowest BCUT2D eigenvalue weighted by Gasteiger charge is -2.38. The zero-order chi connectivity index (χ0) is 9.31. The lowest BCUT2D eigenvalue weighted by atomic mass is 10.1. The van der Waals surface area contributed by atoms with Gasteiger partial charge in [0.2, 0.25) is 0 Å². The third-order valence-corrected chi connectivity index (χ3v) is 4.20. The van der Waals surface area contributed by atoms with Crippen LogP contribution in [0.15, 0.2) is 0 Å². The molecular weight excluding hydrogens is 182 g/mol. The second-order valence-electron chi connectivity index (χ2n) is 4.43. The first-order chi connectivity index (χ1) is 6.22. The van der Waals surface area contributed by atoms with Gasteiger partial charge in [-0.1, -0.05) is 0 Å². The first kappa shape index (κ1) is 9.81. The van der Waals surface area contributed by atoms with E-state index >= 15 is 0 Å². The molecule has 3 heteroatoms. The normalized spacial score (nSPS) is 36.5. The van der Waals surface area contributed by atoms with Gasteiger partial charge in [-0.3, -0.25) is 4.90 Å². The Kier molecular flexibility index (Phi) is 2.86. The van der Waals surface area contributed by atoms with Crippen molar-refractivity contribution >= 4 is 11.8 Å².